The third kappa shape index (κ3) is 1.42. The van der Waals surface area contributed by atoms with Crippen LogP contribution in [0.5, 0.6) is 0 Å². The topological polar surface area (TPSA) is 64.1 Å². The monoisotopic (exact) mass is 194 g/mol. The molecule has 2 heterocycles. The standard InChI is InChI=1S/C9H10N2O3/c1-6-4-14-5-7(6)11-3-2-8(12)10-9(11)13/h2-3,7H,1,4-5H2,(H,10,12,13). The molecule has 1 saturated heterocycles. The molecule has 0 bridgehead atoms. The Balaban J connectivity index is 2.46. The van der Waals surface area contributed by atoms with Gasteiger partial charge in [-0.05, 0) is 5.57 Å². The molecule has 74 valence electrons. The quantitative estimate of drug-likeness (QED) is 0.622. The minimum absolute atomic E-state index is 0.153. The van der Waals surface area contributed by atoms with Crippen LogP contribution < -0.4 is 11.2 Å². The first-order valence-corrected chi connectivity index (χ1v) is 4.25. The van der Waals surface area contributed by atoms with E-state index in [1.54, 1.807) is 0 Å². The lowest BCUT2D eigenvalue weighted by Crippen LogP contribution is -2.32. The molecule has 1 N–H and O–H groups in total. The summed E-state index contributed by atoms with van der Waals surface area (Å²) in [6.45, 7) is 4.70. The smallest absolute Gasteiger partial charge is 0.328 e. The molecular weight excluding hydrogens is 184 g/mol. The van der Waals surface area contributed by atoms with Crippen molar-refractivity contribution in [2.45, 2.75) is 6.04 Å². The van der Waals surface area contributed by atoms with Crippen LogP contribution in [-0.4, -0.2) is 22.8 Å². The van der Waals surface area contributed by atoms with Crippen LogP contribution in [0, 0.1) is 0 Å². The Labute approximate surface area is 79.6 Å². The Kier molecular flexibility index (Phi) is 2.09. The van der Waals surface area contributed by atoms with Crippen LogP contribution in [0.3, 0.4) is 0 Å². The number of aromatic nitrogens is 2. The van der Waals surface area contributed by atoms with Gasteiger partial charge in [-0.25, -0.2) is 4.79 Å². The largest absolute Gasteiger partial charge is 0.375 e. The predicted octanol–water partition coefficient (Wildman–Crippen LogP) is -0.336. The maximum atomic E-state index is 11.4. The minimum Gasteiger partial charge on any atom is -0.375 e. The number of hydrogen-bond acceptors (Lipinski definition) is 3. The molecule has 1 fully saturated rings. The summed E-state index contributed by atoms with van der Waals surface area (Å²) in [6, 6.07) is 1.16. The van der Waals surface area contributed by atoms with Crippen molar-refractivity contribution in [3.8, 4) is 0 Å². The summed E-state index contributed by atoms with van der Waals surface area (Å²) < 4.78 is 6.59. The first-order chi connectivity index (χ1) is 6.68. The first kappa shape index (κ1) is 8.96. The highest BCUT2D eigenvalue weighted by Crippen LogP contribution is 2.20. The molecule has 0 saturated carbocycles. The fourth-order valence-corrected chi connectivity index (χ4v) is 1.47. The zero-order valence-electron chi connectivity index (χ0n) is 7.53. The van der Waals surface area contributed by atoms with Gasteiger partial charge in [0, 0.05) is 12.3 Å². The van der Waals surface area contributed by atoms with E-state index in [0.717, 1.165) is 5.57 Å². The van der Waals surface area contributed by atoms with Gasteiger partial charge in [0.05, 0.1) is 19.3 Å². The number of ether oxygens (including phenoxy) is 1. The molecule has 0 spiro atoms. The van der Waals surface area contributed by atoms with E-state index in [9.17, 15) is 9.59 Å². The zero-order chi connectivity index (χ0) is 10.1. The van der Waals surface area contributed by atoms with Gasteiger partial charge in [-0.3, -0.25) is 14.3 Å². The van der Waals surface area contributed by atoms with E-state index >= 15 is 0 Å². The highest BCUT2D eigenvalue weighted by molar-refractivity contribution is 5.09. The summed E-state index contributed by atoms with van der Waals surface area (Å²) in [5.41, 5.74) is 0.0316. The van der Waals surface area contributed by atoms with Crippen LogP contribution in [0.4, 0.5) is 0 Å². The Hall–Kier alpha value is -1.62. The number of nitrogens with one attached hydrogen (secondary N) is 1. The molecule has 5 heteroatoms. The lowest BCUT2D eigenvalue weighted by molar-refractivity contribution is 0.188. The van der Waals surface area contributed by atoms with Gasteiger partial charge in [-0.1, -0.05) is 6.58 Å². The van der Waals surface area contributed by atoms with Crippen molar-refractivity contribution in [3.05, 3.63) is 45.3 Å². The second kappa shape index (κ2) is 3.26. The van der Waals surface area contributed by atoms with E-state index in [-0.39, 0.29) is 6.04 Å². The highest BCUT2D eigenvalue weighted by atomic mass is 16.5. The van der Waals surface area contributed by atoms with Crippen molar-refractivity contribution in [2.75, 3.05) is 13.2 Å². The fourth-order valence-electron chi connectivity index (χ4n) is 1.47. The van der Waals surface area contributed by atoms with Gasteiger partial charge in [0.25, 0.3) is 5.56 Å². The van der Waals surface area contributed by atoms with E-state index in [2.05, 4.69) is 11.6 Å². The molecule has 1 aliphatic heterocycles. The van der Waals surface area contributed by atoms with Gasteiger partial charge in [0.15, 0.2) is 0 Å². The molecule has 0 amide bonds. The van der Waals surface area contributed by atoms with E-state index in [1.165, 1.54) is 16.8 Å². The molecule has 0 radical (unpaired) electrons. The summed E-state index contributed by atoms with van der Waals surface area (Å²) in [7, 11) is 0. The van der Waals surface area contributed by atoms with Crippen LogP contribution in [0.2, 0.25) is 0 Å². The number of hydrogen-bond donors (Lipinski definition) is 1. The Morgan fingerprint density at radius 3 is 2.93 bits per heavy atom. The van der Waals surface area contributed by atoms with Gasteiger partial charge < -0.3 is 4.74 Å². The number of nitrogens with zero attached hydrogens (tertiary/aromatic N) is 1. The summed E-state index contributed by atoms with van der Waals surface area (Å²) in [5, 5.41) is 0. The third-order valence-corrected chi connectivity index (χ3v) is 2.22. The second-order valence-electron chi connectivity index (χ2n) is 3.21. The fraction of sp³-hybridized carbons (Fsp3) is 0.333. The molecule has 0 aliphatic carbocycles. The molecule has 1 unspecified atom stereocenters. The van der Waals surface area contributed by atoms with Crippen molar-refractivity contribution in [2.24, 2.45) is 0 Å². The van der Waals surface area contributed by atoms with Crippen LogP contribution in [0.15, 0.2) is 34.0 Å². The predicted molar refractivity (Wildman–Crippen MR) is 50.3 cm³/mol. The normalized spacial score (nSPS) is 21.4. The number of rotatable bonds is 1. The van der Waals surface area contributed by atoms with Crippen LogP contribution >= 0.6 is 0 Å². The molecule has 14 heavy (non-hydrogen) atoms. The van der Waals surface area contributed by atoms with E-state index in [4.69, 9.17) is 4.74 Å². The third-order valence-electron chi connectivity index (χ3n) is 2.22. The molecule has 2 rings (SSSR count). The second-order valence-corrected chi connectivity index (χ2v) is 3.21. The minimum atomic E-state index is -0.422. The zero-order valence-corrected chi connectivity index (χ0v) is 7.53. The average Bonchev–Trinajstić information content (AvgIpc) is 2.52. The van der Waals surface area contributed by atoms with Crippen molar-refractivity contribution in [3.63, 3.8) is 0 Å². The van der Waals surface area contributed by atoms with Gasteiger partial charge in [-0.15, -0.1) is 0 Å². The molecule has 1 aliphatic rings. The Bertz CT molecular complexity index is 471. The molecule has 5 nitrogen and oxygen atoms in total. The van der Waals surface area contributed by atoms with Gasteiger partial charge >= 0.3 is 5.69 Å². The number of aromatic amines is 1. The molecule has 0 aromatic carbocycles. The van der Waals surface area contributed by atoms with Crippen LogP contribution in [0.1, 0.15) is 6.04 Å². The van der Waals surface area contributed by atoms with Crippen molar-refractivity contribution < 1.29 is 4.74 Å². The SMILES string of the molecule is C=C1COCC1n1ccc(=O)[nH]c1=O. The van der Waals surface area contributed by atoms with Crippen molar-refractivity contribution >= 4 is 0 Å². The molecule has 1 atom stereocenters. The number of H-pyrrole nitrogens is 1. The molecular formula is C9H10N2O3. The molecule has 1 aromatic heterocycles. The van der Waals surface area contributed by atoms with Crippen LogP contribution in [0.25, 0.3) is 0 Å². The summed E-state index contributed by atoms with van der Waals surface area (Å²) in [5.74, 6) is 0. The summed E-state index contributed by atoms with van der Waals surface area (Å²) in [4.78, 5) is 24.4. The van der Waals surface area contributed by atoms with Gasteiger partial charge in [0.2, 0.25) is 0 Å². The maximum absolute atomic E-state index is 11.4. The van der Waals surface area contributed by atoms with Gasteiger partial charge in [0.1, 0.15) is 0 Å². The van der Waals surface area contributed by atoms with E-state index < -0.39 is 11.2 Å². The maximum Gasteiger partial charge on any atom is 0.328 e. The Morgan fingerprint density at radius 1 is 1.57 bits per heavy atom. The molecule has 1 aromatic rings. The van der Waals surface area contributed by atoms with Crippen LogP contribution in [-0.2, 0) is 4.74 Å². The summed E-state index contributed by atoms with van der Waals surface area (Å²) in [6.07, 6.45) is 1.46. The first-order valence-electron chi connectivity index (χ1n) is 4.25. The van der Waals surface area contributed by atoms with Crippen molar-refractivity contribution in [1.82, 2.24) is 9.55 Å². The van der Waals surface area contributed by atoms with E-state index in [1.807, 2.05) is 0 Å². The lowest BCUT2D eigenvalue weighted by Gasteiger charge is -2.11. The average molecular weight is 194 g/mol. The Morgan fingerprint density at radius 2 is 2.36 bits per heavy atom. The van der Waals surface area contributed by atoms with Crippen molar-refractivity contribution in [1.29, 1.82) is 0 Å². The van der Waals surface area contributed by atoms with E-state index in [0.29, 0.717) is 13.2 Å². The highest BCUT2D eigenvalue weighted by Gasteiger charge is 2.22. The summed E-state index contributed by atoms with van der Waals surface area (Å²) >= 11 is 0. The lowest BCUT2D eigenvalue weighted by atomic mass is 10.2. The van der Waals surface area contributed by atoms with Gasteiger partial charge in [-0.2, -0.15) is 0 Å².